The highest BCUT2D eigenvalue weighted by molar-refractivity contribution is 6.07. The minimum absolute atomic E-state index is 0.104. The molecule has 0 bridgehead atoms. The van der Waals surface area contributed by atoms with Crippen LogP contribution in [0.2, 0.25) is 0 Å². The zero-order chi connectivity index (χ0) is 46.5. The molecule has 0 unspecified atom stereocenters. The van der Waals surface area contributed by atoms with Gasteiger partial charge in [-0.15, -0.1) is 0 Å². The van der Waals surface area contributed by atoms with Gasteiger partial charge in [-0.3, -0.25) is 9.59 Å². The molecule has 6 aromatic rings. The summed E-state index contributed by atoms with van der Waals surface area (Å²) in [6, 6.07) is 42.5. The molecule has 6 aromatic carbocycles. The molecule has 0 aliphatic carbocycles. The van der Waals surface area contributed by atoms with Crippen molar-refractivity contribution in [1.29, 1.82) is 0 Å². The van der Waals surface area contributed by atoms with E-state index in [2.05, 4.69) is 171 Å². The van der Waals surface area contributed by atoms with E-state index >= 15 is 0 Å². The van der Waals surface area contributed by atoms with Gasteiger partial charge in [-0.25, -0.2) is 0 Å². The van der Waals surface area contributed by atoms with E-state index < -0.39 is 0 Å². The number of benzene rings is 6. The highest BCUT2D eigenvalue weighted by atomic mass is 16.2. The second kappa shape index (κ2) is 19.5. The number of rotatable bonds is 15. The van der Waals surface area contributed by atoms with Crippen molar-refractivity contribution in [3.05, 3.63) is 185 Å². The Bertz CT molecular complexity index is 3060. The van der Waals surface area contributed by atoms with Gasteiger partial charge in [-0.2, -0.15) is 4.58 Å². The van der Waals surface area contributed by atoms with Crippen LogP contribution in [0.5, 0.6) is 0 Å². The quantitative estimate of drug-likeness (QED) is 0.0484. The molecular weight excluding hydrogens is 821 g/mol. The summed E-state index contributed by atoms with van der Waals surface area (Å²) in [5, 5.41) is 8.31. The van der Waals surface area contributed by atoms with Crippen LogP contribution in [-0.2, 0) is 27.0 Å². The highest BCUT2D eigenvalue weighted by Gasteiger charge is 2.44. The van der Waals surface area contributed by atoms with E-state index in [1.165, 1.54) is 55.5 Å². The lowest BCUT2D eigenvalue weighted by Crippen LogP contribution is -2.31. The first kappa shape index (κ1) is 45.2. The zero-order valence-corrected chi connectivity index (χ0v) is 39.9. The van der Waals surface area contributed by atoms with Crippen molar-refractivity contribution in [2.45, 2.75) is 96.4 Å². The van der Waals surface area contributed by atoms with Crippen molar-refractivity contribution in [1.82, 2.24) is 5.32 Å². The summed E-state index contributed by atoms with van der Waals surface area (Å²) < 4.78 is 2.35. The third-order valence-electron chi connectivity index (χ3n) is 14.2. The Morgan fingerprint density at radius 2 is 1.30 bits per heavy atom. The van der Waals surface area contributed by atoms with Crippen molar-refractivity contribution in [2.75, 3.05) is 29.9 Å². The number of anilines is 2. The van der Waals surface area contributed by atoms with Gasteiger partial charge in [-0.1, -0.05) is 142 Å². The molecule has 0 saturated carbocycles. The zero-order valence-electron chi connectivity index (χ0n) is 39.9. The number of para-hydroxylation sites is 1. The fourth-order valence-corrected chi connectivity index (χ4v) is 10.8. The minimum Gasteiger partial charge on any atom is -0.356 e. The summed E-state index contributed by atoms with van der Waals surface area (Å²) in [6.45, 7) is 11.4. The first-order chi connectivity index (χ1) is 32.5. The van der Waals surface area contributed by atoms with E-state index in [0.717, 1.165) is 67.4 Å². The maximum absolute atomic E-state index is 13.6. The molecule has 0 saturated heterocycles. The molecule has 6 nitrogen and oxygen atoms in total. The van der Waals surface area contributed by atoms with E-state index in [1.54, 1.807) is 0 Å². The molecule has 0 radical (unpaired) electrons. The minimum atomic E-state index is -0.193. The highest BCUT2D eigenvalue weighted by Crippen LogP contribution is 2.51. The molecular formula is C61H63N4O2+. The molecule has 67 heavy (non-hydrogen) atoms. The largest absolute Gasteiger partial charge is 0.356 e. The number of carbonyl (C=O) groups excluding carboxylic acids is 2. The summed E-state index contributed by atoms with van der Waals surface area (Å²) >= 11 is 0. The summed E-state index contributed by atoms with van der Waals surface area (Å²) in [7, 11) is 2.18. The molecule has 0 spiro atoms. The molecule has 6 heteroatoms. The second-order valence-electron chi connectivity index (χ2n) is 19.4. The van der Waals surface area contributed by atoms with E-state index in [0.29, 0.717) is 25.9 Å². The van der Waals surface area contributed by atoms with Crippen molar-refractivity contribution in [3.63, 3.8) is 0 Å². The van der Waals surface area contributed by atoms with Gasteiger partial charge < -0.3 is 15.1 Å². The summed E-state index contributed by atoms with van der Waals surface area (Å²) in [5.74, 6) is 6.78. The van der Waals surface area contributed by atoms with Crippen molar-refractivity contribution >= 4 is 56.1 Å². The van der Waals surface area contributed by atoms with E-state index in [9.17, 15) is 9.59 Å². The Hall–Kier alpha value is -6.97. The van der Waals surface area contributed by atoms with Gasteiger partial charge >= 0.3 is 0 Å². The number of nitrogens with one attached hydrogen (secondary N) is 1. The first-order valence-corrected chi connectivity index (χ1v) is 24.3. The van der Waals surface area contributed by atoms with Gasteiger partial charge in [0, 0.05) is 71.6 Å². The SMILES string of the molecule is C[N+]1=C(C=CC=CC=C2N(CCCCCC(=O)NCCCCCC(=O)N3Cc4ccccc4C#Cc4ccccc43)c3ccc4ccccc4c3C2(C)C)C(C)(C)c2c1ccc1ccccc21. The Labute approximate surface area is 397 Å². The van der Waals surface area contributed by atoms with Crippen molar-refractivity contribution in [2.24, 2.45) is 0 Å². The van der Waals surface area contributed by atoms with Crippen LogP contribution in [0.15, 0.2) is 157 Å². The fourth-order valence-electron chi connectivity index (χ4n) is 10.8. The molecule has 9 rings (SSSR count). The number of hydrogen-bond acceptors (Lipinski definition) is 3. The molecule has 3 heterocycles. The van der Waals surface area contributed by atoms with Crippen LogP contribution in [0.3, 0.4) is 0 Å². The average molecular weight is 884 g/mol. The molecule has 1 N–H and O–H groups in total. The van der Waals surface area contributed by atoms with Crippen LogP contribution >= 0.6 is 0 Å². The summed E-state index contributed by atoms with van der Waals surface area (Å²) in [6.07, 6.45) is 17.4. The van der Waals surface area contributed by atoms with Crippen LogP contribution in [0.4, 0.5) is 17.1 Å². The maximum atomic E-state index is 13.6. The van der Waals surface area contributed by atoms with Crippen molar-refractivity contribution in [3.8, 4) is 11.8 Å². The van der Waals surface area contributed by atoms with Gasteiger partial charge in [0.2, 0.25) is 17.5 Å². The normalized spacial score (nSPS) is 16.2. The molecule has 3 aliphatic heterocycles. The molecule has 3 aliphatic rings. The van der Waals surface area contributed by atoms with Crippen LogP contribution in [-0.4, -0.2) is 42.2 Å². The van der Waals surface area contributed by atoms with Crippen molar-refractivity contribution < 1.29 is 14.2 Å². The molecule has 2 amide bonds. The Balaban J connectivity index is 0.771. The lowest BCUT2D eigenvalue weighted by atomic mass is 9.79. The molecule has 0 aromatic heterocycles. The maximum Gasteiger partial charge on any atom is 0.227 e. The van der Waals surface area contributed by atoms with E-state index in [1.807, 2.05) is 47.4 Å². The molecule has 338 valence electrons. The van der Waals surface area contributed by atoms with Crippen LogP contribution in [0, 0.1) is 11.8 Å². The molecule has 0 atom stereocenters. The number of hydrogen-bond donors (Lipinski definition) is 1. The standard InChI is InChI=1S/C61H62N4O2/c1-60(2)54(63(5)52-39-37-45-24-15-18-28-49(45)58(52)60)31-9-6-10-32-55-61(3,4)59-50-29-19-16-25-46(50)38-40-53(59)64(55)42-22-8-11-33-56(66)62-41-21-7-12-34-57(67)65-43-48-27-14-13-23-44(48)35-36-47-26-17-20-30-51(47)65/h6,9-10,13-20,23-32,37-40H,7-8,11-12,21-22,33-34,41-43H2,1-5H3/p+1. The first-order valence-electron chi connectivity index (χ1n) is 24.3. The number of carbonyl (C=O) groups is 2. The van der Waals surface area contributed by atoms with Gasteiger partial charge in [0.1, 0.15) is 7.05 Å². The Morgan fingerprint density at radius 1 is 0.642 bits per heavy atom. The number of fused-ring (bicyclic) bond motifs is 8. The summed E-state index contributed by atoms with van der Waals surface area (Å²) in [5.41, 5.74) is 11.3. The van der Waals surface area contributed by atoms with Gasteiger partial charge in [0.25, 0.3) is 0 Å². The third-order valence-corrected chi connectivity index (χ3v) is 14.2. The van der Waals surface area contributed by atoms with E-state index in [-0.39, 0.29) is 22.6 Å². The number of amides is 2. The number of allylic oxidation sites excluding steroid dienone is 6. The molecule has 0 fully saturated rings. The van der Waals surface area contributed by atoms with Gasteiger partial charge in [-0.05, 0) is 109 Å². The summed E-state index contributed by atoms with van der Waals surface area (Å²) in [4.78, 5) is 30.9. The second-order valence-corrected chi connectivity index (χ2v) is 19.4. The lowest BCUT2D eigenvalue weighted by Gasteiger charge is -2.27. The van der Waals surface area contributed by atoms with Crippen LogP contribution < -0.4 is 15.1 Å². The predicted octanol–water partition coefficient (Wildman–Crippen LogP) is 13.0. The lowest BCUT2D eigenvalue weighted by molar-refractivity contribution is -0.401. The van der Waals surface area contributed by atoms with Gasteiger partial charge in [0.15, 0.2) is 5.71 Å². The Kier molecular flexibility index (Phi) is 13.1. The Morgan fingerprint density at radius 3 is 2.10 bits per heavy atom. The topological polar surface area (TPSA) is 55.7 Å². The van der Waals surface area contributed by atoms with Gasteiger partial charge in [0.05, 0.1) is 17.6 Å². The fraction of sp³-hybridized carbons (Fsp3) is 0.295. The van der Waals surface area contributed by atoms with E-state index in [4.69, 9.17) is 0 Å². The monoisotopic (exact) mass is 883 g/mol. The van der Waals surface area contributed by atoms with Crippen LogP contribution in [0.25, 0.3) is 21.5 Å². The average Bonchev–Trinajstić information content (AvgIpc) is 3.67. The third kappa shape index (κ3) is 9.13. The number of unbranched alkanes of at least 4 members (excludes halogenated alkanes) is 4. The smallest absolute Gasteiger partial charge is 0.227 e. The predicted molar refractivity (Wildman–Crippen MR) is 279 cm³/mol. The van der Waals surface area contributed by atoms with Crippen LogP contribution in [0.1, 0.15) is 107 Å². The number of nitrogens with zero attached hydrogens (tertiary/aromatic N) is 3.